The SMILES string of the molecule is COC(=O)[C@H](CC=C(C)C)NC(=O)Cc1ccc(F)cc1. The lowest BCUT2D eigenvalue weighted by molar-refractivity contribution is -0.144. The van der Waals surface area contributed by atoms with Gasteiger partial charge in [0.1, 0.15) is 11.9 Å². The number of methoxy groups -OCH3 is 1. The number of esters is 1. The molecule has 114 valence electrons. The van der Waals surface area contributed by atoms with Crippen molar-refractivity contribution in [3.63, 3.8) is 0 Å². The maximum Gasteiger partial charge on any atom is 0.328 e. The van der Waals surface area contributed by atoms with Crippen LogP contribution in [0.3, 0.4) is 0 Å². The van der Waals surface area contributed by atoms with Gasteiger partial charge in [0.25, 0.3) is 0 Å². The quantitative estimate of drug-likeness (QED) is 0.647. The number of allylic oxidation sites excluding steroid dienone is 1. The lowest BCUT2D eigenvalue weighted by Gasteiger charge is -2.15. The Hall–Kier alpha value is -2.17. The molecular weight excluding hydrogens is 273 g/mol. The van der Waals surface area contributed by atoms with Gasteiger partial charge in [-0.05, 0) is 38.0 Å². The predicted molar refractivity (Wildman–Crippen MR) is 78.1 cm³/mol. The molecule has 0 unspecified atom stereocenters. The van der Waals surface area contributed by atoms with E-state index in [0.717, 1.165) is 5.57 Å². The fourth-order valence-corrected chi connectivity index (χ4v) is 1.74. The molecule has 0 aliphatic carbocycles. The van der Waals surface area contributed by atoms with E-state index in [9.17, 15) is 14.0 Å². The number of benzene rings is 1. The summed E-state index contributed by atoms with van der Waals surface area (Å²) in [7, 11) is 1.28. The minimum Gasteiger partial charge on any atom is -0.467 e. The number of nitrogens with one attached hydrogen (secondary N) is 1. The monoisotopic (exact) mass is 293 g/mol. The van der Waals surface area contributed by atoms with Crippen molar-refractivity contribution >= 4 is 11.9 Å². The molecule has 0 aromatic heterocycles. The van der Waals surface area contributed by atoms with Gasteiger partial charge >= 0.3 is 5.97 Å². The highest BCUT2D eigenvalue weighted by Crippen LogP contribution is 2.05. The molecule has 1 atom stereocenters. The topological polar surface area (TPSA) is 55.4 Å². The molecule has 0 saturated carbocycles. The maximum absolute atomic E-state index is 12.8. The molecule has 0 saturated heterocycles. The van der Waals surface area contributed by atoms with E-state index in [4.69, 9.17) is 0 Å². The Labute approximate surface area is 124 Å². The molecule has 0 aliphatic rings. The van der Waals surface area contributed by atoms with Gasteiger partial charge in [0, 0.05) is 0 Å². The van der Waals surface area contributed by atoms with Crippen molar-refractivity contribution in [1.29, 1.82) is 0 Å². The first-order valence-corrected chi connectivity index (χ1v) is 6.67. The van der Waals surface area contributed by atoms with E-state index in [1.165, 1.54) is 31.4 Å². The third-order valence-corrected chi connectivity index (χ3v) is 2.86. The van der Waals surface area contributed by atoms with Crippen LogP contribution >= 0.6 is 0 Å². The van der Waals surface area contributed by atoms with Gasteiger partial charge in [0.15, 0.2) is 0 Å². The first-order chi connectivity index (χ1) is 9.92. The van der Waals surface area contributed by atoms with E-state index in [1.54, 1.807) is 0 Å². The van der Waals surface area contributed by atoms with Crippen molar-refractivity contribution in [1.82, 2.24) is 5.32 Å². The van der Waals surface area contributed by atoms with Crippen molar-refractivity contribution in [3.05, 3.63) is 47.3 Å². The minimum absolute atomic E-state index is 0.0859. The number of hydrogen-bond acceptors (Lipinski definition) is 3. The van der Waals surface area contributed by atoms with E-state index in [1.807, 2.05) is 19.9 Å². The van der Waals surface area contributed by atoms with Crippen LogP contribution in [0, 0.1) is 5.82 Å². The van der Waals surface area contributed by atoms with Gasteiger partial charge in [0.2, 0.25) is 5.91 Å². The van der Waals surface area contributed by atoms with E-state index >= 15 is 0 Å². The van der Waals surface area contributed by atoms with Crippen LogP contribution in [0.1, 0.15) is 25.8 Å². The average Bonchev–Trinajstić information content (AvgIpc) is 2.44. The Kier molecular flexibility index (Phi) is 6.59. The largest absolute Gasteiger partial charge is 0.467 e. The second-order valence-corrected chi connectivity index (χ2v) is 4.96. The highest BCUT2D eigenvalue weighted by molar-refractivity contribution is 5.85. The van der Waals surface area contributed by atoms with Crippen molar-refractivity contribution in [3.8, 4) is 0 Å². The zero-order chi connectivity index (χ0) is 15.8. The third-order valence-electron chi connectivity index (χ3n) is 2.86. The molecule has 1 aromatic carbocycles. The van der Waals surface area contributed by atoms with Crippen LogP contribution in [0.15, 0.2) is 35.9 Å². The van der Waals surface area contributed by atoms with E-state index in [0.29, 0.717) is 12.0 Å². The Morgan fingerprint density at radius 3 is 2.43 bits per heavy atom. The number of halogens is 1. The van der Waals surface area contributed by atoms with Gasteiger partial charge < -0.3 is 10.1 Å². The van der Waals surface area contributed by atoms with Gasteiger partial charge in [-0.15, -0.1) is 0 Å². The second kappa shape index (κ2) is 8.19. The number of carbonyl (C=O) groups excluding carboxylic acids is 2. The highest BCUT2D eigenvalue weighted by Gasteiger charge is 2.20. The van der Waals surface area contributed by atoms with E-state index in [-0.39, 0.29) is 18.1 Å². The standard InChI is InChI=1S/C16H20FNO3/c1-11(2)4-9-14(16(20)21-3)18-15(19)10-12-5-7-13(17)8-6-12/h4-8,14H,9-10H2,1-3H3,(H,18,19)/t14-/m0/s1. The normalized spacial score (nSPS) is 11.4. The Bertz CT molecular complexity index is 519. The zero-order valence-electron chi connectivity index (χ0n) is 12.5. The van der Waals surface area contributed by atoms with Crippen molar-refractivity contribution < 1.29 is 18.7 Å². The number of hydrogen-bond donors (Lipinski definition) is 1. The summed E-state index contributed by atoms with van der Waals surface area (Å²) in [5, 5.41) is 2.63. The van der Waals surface area contributed by atoms with Crippen LogP contribution in [0.4, 0.5) is 4.39 Å². The molecule has 0 spiro atoms. The Morgan fingerprint density at radius 2 is 1.90 bits per heavy atom. The number of amides is 1. The zero-order valence-corrected chi connectivity index (χ0v) is 12.5. The van der Waals surface area contributed by atoms with Crippen LogP contribution < -0.4 is 5.32 Å². The smallest absolute Gasteiger partial charge is 0.328 e. The maximum atomic E-state index is 12.8. The van der Waals surface area contributed by atoms with E-state index < -0.39 is 12.0 Å². The van der Waals surface area contributed by atoms with Gasteiger partial charge in [-0.25, -0.2) is 9.18 Å². The Morgan fingerprint density at radius 1 is 1.29 bits per heavy atom. The molecule has 1 amide bonds. The molecule has 0 fully saturated rings. The molecule has 0 heterocycles. The molecule has 4 nitrogen and oxygen atoms in total. The van der Waals surface area contributed by atoms with Crippen LogP contribution in [0.2, 0.25) is 0 Å². The molecule has 0 bridgehead atoms. The first kappa shape index (κ1) is 16.9. The van der Waals surface area contributed by atoms with Crippen LogP contribution in [0.5, 0.6) is 0 Å². The highest BCUT2D eigenvalue weighted by atomic mass is 19.1. The van der Waals surface area contributed by atoms with Gasteiger partial charge in [-0.3, -0.25) is 4.79 Å². The molecule has 5 heteroatoms. The summed E-state index contributed by atoms with van der Waals surface area (Å²) >= 11 is 0. The molecule has 1 aromatic rings. The van der Waals surface area contributed by atoms with Crippen LogP contribution in [0.25, 0.3) is 0 Å². The molecule has 1 N–H and O–H groups in total. The van der Waals surface area contributed by atoms with Crippen molar-refractivity contribution in [2.24, 2.45) is 0 Å². The lowest BCUT2D eigenvalue weighted by atomic mass is 10.1. The fraction of sp³-hybridized carbons (Fsp3) is 0.375. The summed E-state index contributed by atoms with van der Waals surface area (Å²) in [6.07, 6.45) is 2.33. The fourth-order valence-electron chi connectivity index (χ4n) is 1.74. The van der Waals surface area contributed by atoms with Gasteiger partial charge in [-0.1, -0.05) is 23.8 Å². The van der Waals surface area contributed by atoms with Gasteiger partial charge in [0.05, 0.1) is 13.5 Å². The summed E-state index contributed by atoms with van der Waals surface area (Å²) in [4.78, 5) is 23.6. The van der Waals surface area contributed by atoms with Crippen LogP contribution in [-0.2, 0) is 20.7 Å². The number of rotatable bonds is 6. The molecule has 21 heavy (non-hydrogen) atoms. The van der Waals surface area contributed by atoms with Crippen molar-refractivity contribution in [2.45, 2.75) is 32.7 Å². The van der Waals surface area contributed by atoms with E-state index in [2.05, 4.69) is 10.1 Å². The molecular formula is C16H20FNO3. The average molecular weight is 293 g/mol. The minimum atomic E-state index is -0.710. The molecule has 1 rings (SSSR count). The summed E-state index contributed by atoms with van der Waals surface area (Å²) in [6, 6.07) is 4.96. The summed E-state index contributed by atoms with van der Waals surface area (Å²) < 4.78 is 17.5. The summed E-state index contributed by atoms with van der Waals surface area (Å²) in [5.41, 5.74) is 1.73. The van der Waals surface area contributed by atoms with Crippen molar-refractivity contribution in [2.75, 3.05) is 7.11 Å². The van der Waals surface area contributed by atoms with Gasteiger partial charge in [-0.2, -0.15) is 0 Å². The lowest BCUT2D eigenvalue weighted by Crippen LogP contribution is -2.41. The number of carbonyl (C=O) groups is 2. The Balaban J connectivity index is 2.64. The third kappa shape index (κ3) is 6.21. The van der Waals surface area contributed by atoms with Crippen LogP contribution in [-0.4, -0.2) is 25.0 Å². The molecule has 0 aliphatic heterocycles. The number of ether oxygens (including phenoxy) is 1. The first-order valence-electron chi connectivity index (χ1n) is 6.67. The summed E-state index contributed by atoms with van der Waals surface area (Å²) in [6.45, 7) is 3.82. The predicted octanol–water partition coefficient (Wildman–Crippen LogP) is 2.38. The molecule has 0 radical (unpaired) electrons. The summed E-state index contributed by atoms with van der Waals surface area (Å²) in [5.74, 6) is -1.14. The second-order valence-electron chi connectivity index (χ2n) is 4.96.